The molecule has 0 aromatic carbocycles. The van der Waals surface area contributed by atoms with Crippen molar-refractivity contribution in [3.8, 4) is 0 Å². The van der Waals surface area contributed by atoms with Gasteiger partial charge in [-0.15, -0.1) is 10.2 Å². The number of nitrogens with zero attached hydrogens (tertiary/aromatic N) is 4. The summed E-state index contributed by atoms with van der Waals surface area (Å²) < 4.78 is 0. The zero-order chi connectivity index (χ0) is 17.2. The van der Waals surface area contributed by atoms with Crippen LogP contribution in [0.4, 0.5) is 5.13 Å². The Bertz CT molecular complexity index is 600. The number of carbonyl (C=O) groups excluding carboxylic acids is 1. The second-order valence-electron chi connectivity index (χ2n) is 7.51. The summed E-state index contributed by atoms with van der Waals surface area (Å²) in [6.07, 6.45) is 6.28. The molecule has 1 aromatic rings. The van der Waals surface area contributed by atoms with Crippen LogP contribution in [0.25, 0.3) is 0 Å². The fourth-order valence-electron chi connectivity index (χ4n) is 3.86. The Kier molecular flexibility index (Phi) is 5.30. The minimum absolute atomic E-state index is 0.0191. The van der Waals surface area contributed by atoms with E-state index in [0.717, 1.165) is 24.6 Å². The molecule has 8 heteroatoms. The van der Waals surface area contributed by atoms with Crippen LogP contribution >= 0.6 is 11.3 Å². The molecule has 4 rings (SSSR count). The van der Waals surface area contributed by atoms with Gasteiger partial charge in [0.15, 0.2) is 0 Å². The molecule has 0 spiro atoms. The van der Waals surface area contributed by atoms with Gasteiger partial charge in [-0.1, -0.05) is 17.8 Å². The molecule has 3 fully saturated rings. The highest BCUT2D eigenvalue weighted by molar-refractivity contribution is 7.15. The minimum atomic E-state index is -0.301. The molecular weight excluding hydrogens is 338 g/mol. The summed E-state index contributed by atoms with van der Waals surface area (Å²) in [6.45, 7) is 4.40. The summed E-state index contributed by atoms with van der Waals surface area (Å²) in [5.74, 6) is 0.551. The van der Waals surface area contributed by atoms with Crippen molar-refractivity contribution in [3.63, 3.8) is 0 Å². The summed E-state index contributed by atoms with van der Waals surface area (Å²) >= 11 is 1.50. The highest BCUT2D eigenvalue weighted by Crippen LogP contribution is 2.42. The van der Waals surface area contributed by atoms with Crippen molar-refractivity contribution in [2.75, 3.05) is 38.0 Å². The van der Waals surface area contributed by atoms with E-state index in [9.17, 15) is 9.90 Å². The van der Waals surface area contributed by atoms with Crippen molar-refractivity contribution in [1.29, 1.82) is 0 Å². The molecule has 1 aromatic heterocycles. The van der Waals surface area contributed by atoms with Gasteiger partial charge in [0.05, 0.1) is 6.10 Å². The van der Waals surface area contributed by atoms with Crippen LogP contribution < -0.4 is 5.32 Å². The number of piperidine rings is 1. The molecule has 0 unspecified atom stereocenters. The highest BCUT2D eigenvalue weighted by atomic mass is 32.1. The molecule has 25 heavy (non-hydrogen) atoms. The van der Waals surface area contributed by atoms with Crippen LogP contribution in [-0.2, 0) is 4.79 Å². The summed E-state index contributed by atoms with van der Waals surface area (Å²) in [4.78, 5) is 16.8. The van der Waals surface area contributed by atoms with Gasteiger partial charge in [-0.25, -0.2) is 0 Å². The molecule has 2 atom stereocenters. The molecule has 7 nitrogen and oxygen atoms in total. The van der Waals surface area contributed by atoms with Gasteiger partial charge >= 0.3 is 0 Å². The molecule has 0 bridgehead atoms. The van der Waals surface area contributed by atoms with Gasteiger partial charge < -0.3 is 10.4 Å². The zero-order valence-electron chi connectivity index (χ0n) is 14.6. The molecule has 2 aliphatic heterocycles. The van der Waals surface area contributed by atoms with E-state index in [4.69, 9.17) is 0 Å². The lowest BCUT2D eigenvalue weighted by Gasteiger charge is -2.33. The van der Waals surface area contributed by atoms with Crippen molar-refractivity contribution in [2.24, 2.45) is 0 Å². The predicted molar refractivity (Wildman–Crippen MR) is 96.8 cm³/mol. The number of rotatable bonds is 6. The van der Waals surface area contributed by atoms with E-state index in [2.05, 4.69) is 25.3 Å². The van der Waals surface area contributed by atoms with E-state index in [-0.39, 0.29) is 18.1 Å². The molecular formula is C17H27N5O2S. The predicted octanol–water partition coefficient (Wildman–Crippen LogP) is 1.28. The van der Waals surface area contributed by atoms with Gasteiger partial charge in [0.2, 0.25) is 11.0 Å². The molecule has 0 radical (unpaired) electrons. The van der Waals surface area contributed by atoms with Crippen molar-refractivity contribution in [2.45, 2.75) is 56.6 Å². The van der Waals surface area contributed by atoms with Crippen LogP contribution in [0.3, 0.4) is 0 Å². The third-order valence-electron chi connectivity index (χ3n) is 5.46. The van der Waals surface area contributed by atoms with E-state index in [1.54, 1.807) is 0 Å². The standard InChI is InChI=1S/C17H27N5O2S/c23-14-11-21(10-13(14)22-7-2-1-3-8-22)9-6-15(24)18-17-20-19-16(25-17)12-4-5-12/h12-14,23H,1-11H2,(H,18,20,24)/t13-,14-/m0/s1. The van der Waals surface area contributed by atoms with E-state index in [1.165, 1.54) is 43.4 Å². The van der Waals surface area contributed by atoms with E-state index in [0.29, 0.717) is 30.6 Å². The normalized spacial score (nSPS) is 28.4. The van der Waals surface area contributed by atoms with Crippen LogP contribution in [-0.4, -0.2) is 75.9 Å². The van der Waals surface area contributed by atoms with E-state index < -0.39 is 0 Å². The number of hydrogen-bond donors (Lipinski definition) is 2. The van der Waals surface area contributed by atoms with Gasteiger partial charge in [0.25, 0.3) is 0 Å². The number of carbonyl (C=O) groups is 1. The molecule has 3 aliphatic rings. The van der Waals surface area contributed by atoms with Crippen molar-refractivity contribution < 1.29 is 9.90 Å². The maximum absolute atomic E-state index is 12.2. The van der Waals surface area contributed by atoms with Crippen LogP contribution in [0.1, 0.15) is 49.5 Å². The summed E-state index contributed by atoms with van der Waals surface area (Å²) in [5, 5.41) is 23.1. The summed E-state index contributed by atoms with van der Waals surface area (Å²) in [6, 6.07) is 0.229. The van der Waals surface area contributed by atoms with Crippen molar-refractivity contribution in [1.82, 2.24) is 20.0 Å². The van der Waals surface area contributed by atoms with Gasteiger partial charge in [-0.2, -0.15) is 0 Å². The lowest BCUT2D eigenvalue weighted by atomic mass is 10.1. The summed E-state index contributed by atoms with van der Waals surface area (Å²) in [5.41, 5.74) is 0. The van der Waals surface area contributed by atoms with Gasteiger partial charge in [-0.3, -0.25) is 14.6 Å². The molecule has 138 valence electrons. The Labute approximate surface area is 152 Å². The number of aliphatic hydroxyl groups excluding tert-OH is 1. The third kappa shape index (κ3) is 4.36. The van der Waals surface area contributed by atoms with Crippen LogP contribution in [0.2, 0.25) is 0 Å². The zero-order valence-corrected chi connectivity index (χ0v) is 15.4. The minimum Gasteiger partial charge on any atom is -0.390 e. The molecule has 1 saturated carbocycles. The van der Waals surface area contributed by atoms with E-state index >= 15 is 0 Å². The lowest BCUT2D eigenvalue weighted by Crippen LogP contribution is -2.45. The number of hydrogen-bond acceptors (Lipinski definition) is 7. The number of amides is 1. The number of nitrogens with one attached hydrogen (secondary N) is 1. The first-order valence-corrected chi connectivity index (χ1v) is 10.3. The first kappa shape index (κ1) is 17.3. The van der Waals surface area contributed by atoms with Crippen LogP contribution in [0, 0.1) is 0 Å². The van der Waals surface area contributed by atoms with Gasteiger partial charge in [0, 0.05) is 38.0 Å². The maximum Gasteiger partial charge on any atom is 0.227 e. The fraction of sp³-hybridized carbons (Fsp3) is 0.824. The number of aromatic nitrogens is 2. The molecule has 1 aliphatic carbocycles. The number of likely N-dealkylation sites (tertiary alicyclic amines) is 2. The topological polar surface area (TPSA) is 81.6 Å². The maximum atomic E-state index is 12.2. The van der Waals surface area contributed by atoms with Gasteiger partial charge in [-0.05, 0) is 38.8 Å². The lowest BCUT2D eigenvalue weighted by molar-refractivity contribution is -0.116. The Morgan fingerprint density at radius 3 is 2.76 bits per heavy atom. The smallest absolute Gasteiger partial charge is 0.227 e. The largest absolute Gasteiger partial charge is 0.390 e. The average Bonchev–Trinajstić information content (AvgIpc) is 3.26. The second-order valence-corrected chi connectivity index (χ2v) is 8.52. The highest BCUT2D eigenvalue weighted by Gasteiger charge is 2.35. The van der Waals surface area contributed by atoms with Crippen LogP contribution in [0.15, 0.2) is 0 Å². The Morgan fingerprint density at radius 1 is 1.20 bits per heavy atom. The Morgan fingerprint density at radius 2 is 2.00 bits per heavy atom. The number of aliphatic hydroxyl groups is 1. The quantitative estimate of drug-likeness (QED) is 0.790. The monoisotopic (exact) mass is 365 g/mol. The molecule has 2 N–H and O–H groups in total. The van der Waals surface area contributed by atoms with Crippen molar-refractivity contribution >= 4 is 22.4 Å². The van der Waals surface area contributed by atoms with Crippen molar-refractivity contribution in [3.05, 3.63) is 5.01 Å². The van der Waals surface area contributed by atoms with Gasteiger partial charge in [0.1, 0.15) is 5.01 Å². The molecule has 1 amide bonds. The first-order chi connectivity index (χ1) is 12.2. The average molecular weight is 366 g/mol. The number of anilines is 1. The summed E-state index contributed by atoms with van der Waals surface area (Å²) in [7, 11) is 0. The van der Waals surface area contributed by atoms with E-state index in [1.807, 2.05) is 0 Å². The Balaban J connectivity index is 1.21. The molecule has 2 saturated heterocycles. The fourth-order valence-corrected chi connectivity index (χ4v) is 4.79. The second kappa shape index (κ2) is 7.65. The third-order valence-corrected chi connectivity index (χ3v) is 6.46. The Hall–Kier alpha value is -1.09. The number of β-amino-alcohol motifs (C(OH)–C–C–N with tert-alkyl or cyclic N) is 1. The SMILES string of the molecule is O=C(CCN1C[C@H](O)[C@@H](N2CCCCC2)C1)Nc1nnc(C2CC2)s1. The van der Waals surface area contributed by atoms with Crippen LogP contribution in [0.5, 0.6) is 0 Å². The first-order valence-electron chi connectivity index (χ1n) is 9.47. The molecule has 3 heterocycles.